The van der Waals surface area contributed by atoms with Crippen molar-refractivity contribution in [3.05, 3.63) is 16.0 Å². The number of hydrogen-bond donors (Lipinski definition) is 1. The van der Waals surface area contributed by atoms with Gasteiger partial charge < -0.3 is 5.32 Å². The predicted octanol–water partition coefficient (Wildman–Crippen LogP) is 3.49. The molecule has 1 heterocycles. The molecule has 2 atom stereocenters. The fourth-order valence-corrected chi connectivity index (χ4v) is 2.42. The normalized spacial score (nSPS) is 25.5. The topological polar surface area (TPSA) is 37.8 Å². The number of hydrogen-bond acceptors (Lipinski definition) is 3. The molecular formula is C10H13BrClN3. The summed E-state index contributed by atoms with van der Waals surface area (Å²) in [7, 11) is 0. The second kappa shape index (κ2) is 4.66. The van der Waals surface area contributed by atoms with Crippen molar-refractivity contribution in [3.8, 4) is 0 Å². The lowest BCUT2D eigenvalue weighted by atomic mass is 10.1. The smallest absolute Gasteiger partial charge is 0.224 e. The molecule has 1 aromatic rings. The SMILES string of the molecule is C[C@H]1CCC[C@H]1Nc1nc(Cl)ncc1Br. The molecular weight excluding hydrogens is 277 g/mol. The van der Waals surface area contributed by atoms with E-state index in [2.05, 4.69) is 38.1 Å². The largest absolute Gasteiger partial charge is 0.366 e. The highest BCUT2D eigenvalue weighted by molar-refractivity contribution is 9.10. The van der Waals surface area contributed by atoms with Gasteiger partial charge in [0, 0.05) is 12.2 Å². The fourth-order valence-electron chi connectivity index (χ4n) is 1.98. The lowest BCUT2D eigenvalue weighted by molar-refractivity contribution is 0.554. The molecule has 1 aliphatic rings. The van der Waals surface area contributed by atoms with E-state index in [9.17, 15) is 0 Å². The first kappa shape index (κ1) is 11.1. The molecule has 0 aliphatic heterocycles. The van der Waals surface area contributed by atoms with Crippen LogP contribution in [0.3, 0.4) is 0 Å². The Balaban J connectivity index is 2.12. The first-order chi connectivity index (χ1) is 7.16. The molecule has 1 aliphatic carbocycles. The zero-order valence-electron chi connectivity index (χ0n) is 8.50. The standard InChI is InChI=1S/C10H13BrClN3/c1-6-3-2-4-8(6)14-9-7(11)5-13-10(12)15-9/h5-6,8H,2-4H2,1H3,(H,13,14,15)/t6-,8+/m0/s1. The molecule has 0 saturated heterocycles. The van der Waals surface area contributed by atoms with Gasteiger partial charge in [-0.3, -0.25) is 0 Å². The van der Waals surface area contributed by atoms with E-state index < -0.39 is 0 Å². The van der Waals surface area contributed by atoms with Crippen LogP contribution < -0.4 is 5.32 Å². The van der Waals surface area contributed by atoms with Crippen LogP contribution in [0.1, 0.15) is 26.2 Å². The summed E-state index contributed by atoms with van der Waals surface area (Å²) in [5, 5.41) is 3.70. The van der Waals surface area contributed by atoms with Gasteiger partial charge in [0.15, 0.2) is 0 Å². The third-order valence-electron chi connectivity index (χ3n) is 2.90. The number of aromatic nitrogens is 2. The van der Waals surface area contributed by atoms with Crippen LogP contribution in [0.2, 0.25) is 5.28 Å². The molecule has 15 heavy (non-hydrogen) atoms. The summed E-state index contributed by atoms with van der Waals surface area (Å²) in [5.41, 5.74) is 0. The van der Waals surface area contributed by atoms with Crippen LogP contribution in [0.25, 0.3) is 0 Å². The first-order valence-corrected chi connectivity index (χ1v) is 6.28. The predicted molar refractivity (Wildman–Crippen MR) is 65.2 cm³/mol. The van der Waals surface area contributed by atoms with Crippen LogP contribution >= 0.6 is 27.5 Å². The summed E-state index contributed by atoms with van der Waals surface area (Å²) in [6, 6.07) is 0.507. The summed E-state index contributed by atoms with van der Waals surface area (Å²) in [6.45, 7) is 2.27. The second-order valence-corrected chi connectivity index (χ2v) is 5.19. The number of anilines is 1. The molecule has 1 saturated carbocycles. The molecule has 0 amide bonds. The average Bonchev–Trinajstić information content (AvgIpc) is 2.58. The van der Waals surface area contributed by atoms with Crippen molar-refractivity contribution < 1.29 is 0 Å². The Morgan fingerprint density at radius 1 is 1.53 bits per heavy atom. The maximum Gasteiger partial charge on any atom is 0.224 e. The minimum Gasteiger partial charge on any atom is -0.366 e. The molecule has 1 N–H and O–H groups in total. The minimum atomic E-state index is 0.284. The van der Waals surface area contributed by atoms with Gasteiger partial charge in [-0.15, -0.1) is 0 Å². The zero-order chi connectivity index (χ0) is 10.8. The molecule has 1 fully saturated rings. The van der Waals surface area contributed by atoms with Crippen LogP contribution in [0, 0.1) is 5.92 Å². The molecule has 0 unspecified atom stereocenters. The monoisotopic (exact) mass is 289 g/mol. The Hall–Kier alpha value is -0.350. The Morgan fingerprint density at radius 2 is 2.33 bits per heavy atom. The van der Waals surface area contributed by atoms with Gasteiger partial charge in [-0.1, -0.05) is 13.3 Å². The van der Waals surface area contributed by atoms with Gasteiger partial charge in [-0.05, 0) is 46.3 Å². The highest BCUT2D eigenvalue weighted by Gasteiger charge is 2.24. The molecule has 0 radical (unpaired) electrons. The van der Waals surface area contributed by atoms with E-state index >= 15 is 0 Å². The molecule has 2 rings (SSSR count). The quantitative estimate of drug-likeness (QED) is 0.847. The van der Waals surface area contributed by atoms with Gasteiger partial charge >= 0.3 is 0 Å². The molecule has 0 bridgehead atoms. The van der Waals surface area contributed by atoms with Crippen molar-refractivity contribution >= 4 is 33.3 Å². The first-order valence-electron chi connectivity index (χ1n) is 5.11. The van der Waals surface area contributed by atoms with Crippen LogP contribution in [0.5, 0.6) is 0 Å². The maximum absolute atomic E-state index is 5.76. The Morgan fingerprint density at radius 3 is 3.00 bits per heavy atom. The Kier molecular flexibility index (Phi) is 3.46. The van der Waals surface area contributed by atoms with E-state index in [0.29, 0.717) is 12.0 Å². The third kappa shape index (κ3) is 2.61. The van der Waals surface area contributed by atoms with E-state index in [4.69, 9.17) is 11.6 Å². The summed E-state index contributed by atoms with van der Waals surface area (Å²) >= 11 is 9.17. The highest BCUT2D eigenvalue weighted by atomic mass is 79.9. The van der Waals surface area contributed by atoms with Gasteiger partial charge in [-0.2, -0.15) is 4.98 Å². The molecule has 5 heteroatoms. The third-order valence-corrected chi connectivity index (χ3v) is 3.66. The Labute approximate surface area is 103 Å². The van der Waals surface area contributed by atoms with E-state index in [1.54, 1.807) is 6.20 Å². The van der Waals surface area contributed by atoms with Crippen LogP contribution in [-0.2, 0) is 0 Å². The maximum atomic E-state index is 5.76. The lowest BCUT2D eigenvalue weighted by Gasteiger charge is -2.18. The van der Waals surface area contributed by atoms with Crippen molar-refractivity contribution in [2.75, 3.05) is 5.32 Å². The van der Waals surface area contributed by atoms with Crippen molar-refractivity contribution in [2.24, 2.45) is 5.92 Å². The van der Waals surface area contributed by atoms with Crippen molar-refractivity contribution in [1.29, 1.82) is 0 Å². The average molecular weight is 291 g/mol. The summed E-state index contributed by atoms with van der Waals surface area (Å²) in [5.74, 6) is 1.50. The summed E-state index contributed by atoms with van der Waals surface area (Å²) in [6.07, 6.45) is 5.45. The zero-order valence-corrected chi connectivity index (χ0v) is 10.8. The second-order valence-electron chi connectivity index (χ2n) is 3.99. The van der Waals surface area contributed by atoms with Crippen LogP contribution in [0.4, 0.5) is 5.82 Å². The number of nitrogens with zero attached hydrogens (tertiary/aromatic N) is 2. The summed E-state index contributed by atoms with van der Waals surface area (Å²) in [4.78, 5) is 8.07. The lowest BCUT2D eigenvalue weighted by Crippen LogP contribution is -2.22. The number of rotatable bonds is 2. The van der Waals surface area contributed by atoms with Crippen molar-refractivity contribution in [2.45, 2.75) is 32.2 Å². The van der Waals surface area contributed by atoms with E-state index in [0.717, 1.165) is 10.3 Å². The van der Waals surface area contributed by atoms with Gasteiger partial charge in [-0.25, -0.2) is 4.98 Å². The van der Waals surface area contributed by atoms with Crippen molar-refractivity contribution in [1.82, 2.24) is 9.97 Å². The van der Waals surface area contributed by atoms with Crippen LogP contribution in [0.15, 0.2) is 10.7 Å². The highest BCUT2D eigenvalue weighted by Crippen LogP contribution is 2.29. The summed E-state index contributed by atoms with van der Waals surface area (Å²) < 4.78 is 0.867. The van der Waals surface area contributed by atoms with Gasteiger partial charge in [0.25, 0.3) is 0 Å². The van der Waals surface area contributed by atoms with Crippen LogP contribution in [-0.4, -0.2) is 16.0 Å². The number of nitrogens with one attached hydrogen (secondary N) is 1. The van der Waals surface area contributed by atoms with Crippen molar-refractivity contribution in [3.63, 3.8) is 0 Å². The number of halogens is 2. The van der Waals surface area contributed by atoms with Gasteiger partial charge in [0.1, 0.15) is 5.82 Å². The van der Waals surface area contributed by atoms with Gasteiger partial charge in [0.05, 0.1) is 4.47 Å². The van der Waals surface area contributed by atoms with Gasteiger partial charge in [0.2, 0.25) is 5.28 Å². The Bertz CT molecular complexity index is 359. The molecule has 82 valence electrons. The molecule has 0 spiro atoms. The molecule has 3 nitrogen and oxygen atoms in total. The molecule has 0 aromatic carbocycles. The minimum absolute atomic E-state index is 0.284. The van der Waals surface area contributed by atoms with E-state index in [1.165, 1.54) is 19.3 Å². The van der Waals surface area contributed by atoms with E-state index in [-0.39, 0.29) is 5.28 Å². The fraction of sp³-hybridized carbons (Fsp3) is 0.600. The molecule has 1 aromatic heterocycles. The van der Waals surface area contributed by atoms with E-state index in [1.807, 2.05) is 0 Å².